The Hall–Kier alpha value is -0.420. The van der Waals surface area contributed by atoms with Crippen molar-refractivity contribution in [1.82, 2.24) is 0 Å². The standard InChI is InChI=1S/CH3NO3S/c2-1-5-6(3)4/h1-2H,(H,3,4)/p-1. The maximum Gasteiger partial charge on any atom is 0.185 e. The third-order valence-corrected chi connectivity index (χ3v) is 0.380. The summed E-state index contributed by atoms with van der Waals surface area (Å²) < 4.78 is 22.0. The predicted octanol–water partition coefficient (Wildman–Crippen LogP) is -0.596. The molecule has 0 aromatic carbocycles. The van der Waals surface area contributed by atoms with Crippen molar-refractivity contribution < 1.29 is 12.9 Å². The molecule has 36 valence electrons. The molecule has 0 rings (SSSR count). The summed E-state index contributed by atoms with van der Waals surface area (Å²) in [7, 11) is 0. The first-order valence-corrected chi connectivity index (χ1v) is 2.02. The maximum atomic E-state index is 9.23. The second-order valence-corrected chi connectivity index (χ2v) is 1.02. The number of hydrogen-bond donors (Lipinski definition) is 1. The van der Waals surface area contributed by atoms with E-state index in [1.807, 2.05) is 0 Å². The van der Waals surface area contributed by atoms with Crippen LogP contribution in [0.25, 0.3) is 0 Å². The lowest BCUT2D eigenvalue weighted by Gasteiger charge is -1.96. The molecule has 0 saturated carbocycles. The first-order valence-electron chi connectivity index (χ1n) is 1.02. The van der Waals surface area contributed by atoms with Crippen molar-refractivity contribution in [2.45, 2.75) is 0 Å². The monoisotopic (exact) mass is 108 g/mol. The van der Waals surface area contributed by atoms with Gasteiger partial charge < -0.3 is 8.74 Å². The molecule has 0 saturated heterocycles. The van der Waals surface area contributed by atoms with Gasteiger partial charge in [-0.25, -0.2) is 4.21 Å². The molecule has 0 spiro atoms. The fraction of sp³-hybridized carbons (Fsp3) is 0. The van der Waals surface area contributed by atoms with Crippen molar-refractivity contribution in [2.24, 2.45) is 0 Å². The van der Waals surface area contributed by atoms with E-state index in [1.54, 1.807) is 0 Å². The Morgan fingerprint density at radius 1 is 2.00 bits per heavy atom. The Kier molecular flexibility index (Phi) is 2.60. The van der Waals surface area contributed by atoms with Crippen molar-refractivity contribution >= 4 is 17.8 Å². The minimum atomic E-state index is -2.56. The molecule has 0 amide bonds. The molecule has 0 fully saturated rings. The van der Waals surface area contributed by atoms with E-state index >= 15 is 0 Å². The molecule has 0 aliphatic carbocycles. The molecule has 5 heteroatoms. The lowest BCUT2D eigenvalue weighted by molar-refractivity contribution is 0.443. The van der Waals surface area contributed by atoms with Crippen LogP contribution in [0.15, 0.2) is 0 Å². The minimum Gasteiger partial charge on any atom is -0.740 e. The molecular weight excluding hydrogens is 106 g/mol. The number of rotatable bonds is 2. The van der Waals surface area contributed by atoms with E-state index in [0.717, 1.165) is 0 Å². The largest absolute Gasteiger partial charge is 0.740 e. The number of hydrogen-bond acceptors (Lipinski definition) is 4. The zero-order valence-corrected chi connectivity index (χ0v) is 3.53. The Labute approximate surface area is 37.1 Å². The summed E-state index contributed by atoms with van der Waals surface area (Å²) in [4.78, 5) is 0. The van der Waals surface area contributed by atoms with Crippen LogP contribution >= 0.6 is 0 Å². The molecule has 0 aromatic rings. The summed E-state index contributed by atoms with van der Waals surface area (Å²) in [6.07, 6.45) is 0.336. The van der Waals surface area contributed by atoms with Gasteiger partial charge >= 0.3 is 0 Å². The van der Waals surface area contributed by atoms with Gasteiger partial charge in [0.2, 0.25) is 0 Å². The smallest absolute Gasteiger partial charge is 0.185 e. The second kappa shape index (κ2) is 2.80. The van der Waals surface area contributed by atoms with Crippen LogP contribution in [-0.4, -0.2) is 15.2 Å². The Balaban J connectivity index is 3.05. The van der Waals surface area contributed by atoms with Crippen molar-refractivity contribution in [1.29, 1.82) is 5.41 Å². The molecule has 0 bridgehead atoms. The van der Waals surface area contributed by atoms with Crippen LogP contribution in [0.1, 0.15) is 0 Å². The van der Waals surface area contributed by atoms with Crippen molar-refractivity contribution in [3.8, 4) is 0 Å². The third-order valence-electron chi connectivity index (χ3n) is 0.127. The van der Waals surface area contributed by atoms with Crippen LogP contribution < -0.4 is 0 Å². The lowest BCUT2D eigenvalue weighted by Crippen LogP contribution is -1.89. The minimum absolute atomic E-state index is 0.336. The number of nitrogens with one attached hydrogen (secondary N) is 1. The Morgan fingerprint density at radius 2 is 2.50 bits per heavy atom. The quantitative estimate of drug-likeness (QED) is 0.291. The van der Waals surface area contributed by atoms with Gasteiger partial charge in [0.25, 0.3) is 0 Å². The van der Waals surface area contributed by atoms with E-state index in [4.69, 9.17) is 5.41 Å². The van der Waals surface area contributed by atoms with Gasteiger partial charge in [-0.3, -0.25) is 5.41 Å². The summed E-state index contributed by atoms with van der Waals surface area (Å²) in [5.41, 5.74) is 0. The summed E-state index contributed by atoms with van der Waals surface area (Å²) in [5, 5.41) is 5.99. The van der Waals surface area contributed by atoms with Crippen LogP contribution in [-0.2, 0) is 15.5 Å². The summed E-state index contributed by atoms with van der Waals surface area (Å²) in [6.45, 7) is 0. The second-order valence-electron chi connectivity index (χ2n) is 0.418. The van der Waals surface area contributed by atoms with Crippen molar-refractivity contribution in [3.05, 3.63) is 0 Å². The molecule has 0 aliphatic heterocycles. The third kappa shape index (κ3) is 3.58. The molecule has 6 heavy (non-hydrogen) atoms. The zero-order valence-electron chi connectivity index (χ0n) is 2.71. The summed E-state index contributed by atoms with van der Waals surface area (Å²) >= 11 is -2.56. The first-order chi connectivity index (χ1) is 2.77. The molecule has 1 N–H and O–H groups in total. The molecule has 0 heterocycles. The van der Waals surface area contributed by atoms with E-state index in [-0.39, 0.29) is 0 Å². The van der Waals surface area contributed by atoms with Gasteiger partial charge in [-0.1, -0.05) is 0 Å². The first kappa shape index (κ1) is 5.58. The van der Waals surface area contributed by atoms with E-state index in [1.165, 1.54) is 0 Å². The average molecular weight is 108 g/mol. The predicted molar refractivity (Wildman–Crippen MR) is 18.8 cm³/mol. The lowest BCUT2D eigenvalue weighted by atomic mass is 11.6. The van der Waals surface area contributed by atoms with Crippen LogP contribution in [0, 0.1) is 5.41 Å². The van der Waals surface area contributed by atoms with Gasteiger partial charge in [-0.2, -0.15) is 0 Å². The fourth-order valence-corrected chi connectivity index (χ4v) is 0.118. The highest BCUT2D eigenvalue weighted by Crippen LogP contribution is 1.66. The van der Waals surface area contributed by atoms with Gasteiger partial charge in [-0.15, -0.1) is 0 Å². The van der Waals surface area contributed by atoms with Crippen LogP contribution in [0.2, 0.25) is 0 Å². The Bertz CT molecular complexity index is 71.2. The molecule has 0 radical (unpaired) electrons. The molecule has 0 aliphatic rings. The van der Waals surface area contributed by atoms with E-state index in [0.29, 0.717) is 6.40 Å². The molecule has 4 nitrogen and oxygen atoms in total. The normalized spacial score (nSPS) is 12.8. The van der Waals surface area contributed by atoms with Gasteiger partial charge in [0.15, 0.2) is 6.40 Å². The molecular formula is CH2NO3S-. The van der Waals surface area contributed by atoms with Gasteiger partial charge in [-0.05, 0) is 0 Å². The molecule has 0 aromatic heterocycles. The van der Waals surface area contributed by atoms with Gasteiger partial charge in [0.05, 0.1) is 0 Å². The molecule has 1 unspecified atom stereocenters. The SMILES string of the molecule is N=COS(=O)[O-]. The van der Waals surface area contributed by atoms with Gasteiger partial charge in [0.1, 0.15) is 11.4 Å². The average Bonchev–Trinajstić information content (AvgIpc) is 1.35. The molecule has 1 atom stereocenters. The summed E-state index contributed by atoms with van der Waals surface area (Å²) in [6, 6.07) is 0. The highest BCUT2D eigenvalue weighted by Gasteiger charge is 1.65. The highest BCUT2D eigenvalue weighted by molar-refractivity contribution is 7.74. The van der Waals surface area contributed by atoms with E-state index < -0.39 is 11.4 Å². The van der Waals surface area contributed by atoms with E-state index in [9.17, 15) is 8.76 Å². The Morgan fingerprint density at radius 3 is 2.50 bits per heavy atom. The fourth-order valence-electron chi connectivity index (χ4n) is 0.0393. The van der Waals surface area contributed by atoms with Crippen molar-refractivity contribution in [3.63, 3.8) is 0 Å². The maximum absolute atomic E-state index is 9.23. The van der Waals surface area contributed by atoms with Crippen LogP contribution in [0.4, 0.5) is 0 Å². The highest BCUT2D eigenvalue weighted by atomic mass is 32.2. The van der Waals surface area contributed by atoms with Crippen LogP contribution in [0.3, 0.4) is 0 Å². The topological polar surface area (TPSA) is 73.2 Å². The zero-order chi connectivity index (χ0) is 4.99. The van der Waals surface area contributed by atoms with Crippen LogP contribution in [0.5, 0.6) is 0 Å². The van der Waals surface area contributed by atoms with Gasteiger partial charge in [0, 0.05) is 0 Å². The van der Waals surface area contributed by atoms with E-state index in [2.05, 4.69) is 4.18 Å². The van der Waals surface area contributed by atoms with Crippen molar-refractivity contribution in [2.75, 3.05) is 0 Å². The summed E-state index contributed by atoms with van der Waals surface area (Å²) in [5.74, 6) is 0.